The lowest BCUT2D eigenvalue weighted by Gasteiger charge is -2.21. The summed E-state index contributed by atoms with van der Waals surface area (Å²) in [5.74, 6) is -1.59. The van der Waals surface area contributed by atoms with E-state index >= 15 is 0 Å². The number of ether oxygens (including phenoxy) is 3. The Morgan fingerprint density at radius 1 is 0.239 bits per heavy atom. The minimum atomic E-state index is -4.95. The van der Waals surface area contributed by atoms with E-state index in [0.717, 1.165) is 180 Å². The van der Waals surface area contributed by atoms with Gasteiger partial charge in [-0.05, 0) is 154 Å². The maximum atomic E-state index is 13.1. The minimum absolute atomic E-state index is 0.0775. The molecule has 16 nitrogen and oxygen atoms in total. The van der Waals surface area contributed by atoms with Crippen molar-refractivity contribution in [2.45, 2.75) is 386 Å². The largest absolute Gasteiger partial charge is 0.472 e. The van der Waals surface area contributed by atoms with Crippen LogP contribution < -0.4 is 0 Å². The molecule has 668 valence electrons. The van der Waals surface area contributed by atoms with E-state index in [1.807, 2.05) is 0 Å². The van der Waals surface area contributed by atoms with Crippen LogP contribution in [-0.4, -0.2) is 95.9 Å². The van der Waals surface area contributed by atoms with Crippen molar-refractivity contribution in [2.75, 3.05) is 39.6 Å². The molecule has 0 bridgehead atoms. The molecule has 0 radical (unpaired) electrons. The maximum Gasteiger partial charge on any atom is 0.472 e. The van der Waals surface area contributed by atoms with Crippen LogP contribution in [0.3, 0.4) is 0 Å². The van der Waals surface area contributed by atoms with Gasteiger partial charge >= 0.3 is 33.6 Å². The molecule has 4 N–H and O–H groups in total. The summed E-state index contributed by atoms with van der Waals surface area (Å²) in [5, 5.41) is 20.7. The van der Waals surface area contributed by atoms with Gasteiger partial charge in [0, 0.05) is 19.3 Å². The molecule has 0 aromatic heterocycles. The lowest BCUT2D eigenvalue weighted by atomic mass is 10.0. The molecule has 0 amide bonds. The second-order valence-corrected chi connectivity index (χ2v) is 33.2. The van der Waals surface area contributed by atoms with Crippen LogP contribution in [0.2, 0.25) is 0 Å². The standard InChI is InChI=1S/C99H166O16P2/c1-4-7-10-13-16-19-22-25-28-31-34-37-39-41-43-45-46-48-50-51-53-56-58-61-64-67-70-73-76-79-82-85-97(102)109-88-94(100)89-111-116(105,106)112-90-95(101)91-113-117(107,108)114-93-96(115-99(104)87-84-81-78-75-72-69-66-63-60-55-36-33-30-27-24-21-18-15-12-9-6-3)92-110-98(103)86-83-80-77-74-71-68-65-62-59-57-54-52-49-47-44-42-40-38-35-32-29-26-23-20-17-14-11-8-5-2/h7-12,16-21,25-30,34-38,41-44,55,63,66,94-96,100-101H,4-6,13-15,22-24,31-33,39-40,45-54,56-62,64-65,67-93H2,1-3H3,(H,105,106)(H,107,108)/b10-7-,11-8-,12-9-,19-16-,20-17-,21-18-,28-25-,29-26-,30-27-,37-34-,38-35-,43-41-,44-42-,55-36-,66-63-. The first kappa shape index (κ1) is 112. The van der Waals surface area contributed by atoms with E-state index in [2.05, 4.69) is 203 Å². The highest BCUT2D eigenvalue weighted by molar-refractivity contribution is 7.47. The van der Waals surface area contributed by atoms with Gasteiger partial charge in [0.15, 0.2) is 6.10 Å². The summed E-state index contributed by atoms with van der Waals surface area (Å²) >= 11 is 0. The van der Waals surface area contributed by atoms with Gasteiger partial charge in [-0.2, -0.15) is 0 Å². The quantitative estimate of drug-likeness (QED) is 0.0146. The molecular weight excluding hydrogens is 1510 g/mol. The number of rotatable bonds is 86. The Bertz CT molecular complexity index is 2860. The highest BCUT2D eigenvalue weighted by Gasteiger charge is 2.29. The Balaban J connectivity index is 4.60. The fourth-order valence-corrected chi connectivity index (χ4v) is 13.8. The van der Waals surface area contributed by atoms with E-state index in [1.165, 1.54) is 128 Å². The molecule has 0 aromatic carbocycles. The van der Waals surface area contributed by atoms with E-state index in [1.54, 1.807) is 0 Å². The average Bonchev–Trinajstić information content (AvgIpc) is 0.899. The Morgan fingerprint density at radius 3 is 0.675 bits per heavy atom. The lowest BCUT2D eigenvalue weighted by molar-refractivity contribution is -0.161. The number of hydrogen-bond donors (Lipinski definition) is 4. The fourth-order valence-electron chi connectivity index (χ4n) is 12.2. The van der Waals surface area contributed by atoms with E-state index in [4.69, 9.17) is 32.3 Å². The van der Waals surface area contributed by atoms with Gasteiger partial charge in [-0.25, -0.2) is 9.13 Å². The Hall–Kier alpha value is -5.35. The molecule has 0 heterocycles. The normalized spacial score (nSPS) is 14.6. The third kappa shape index (κ3) is 91.2. The van der Waals surface area contributed by atoms with Crippen LogP contribution in [0.25, 0.3) is 0 Å². The van der Waals surface area contributed by atoms with Crippen molar-refractivity contribution in [3.05, 3.63) is 182 Å². The van der Waals surface area contributed by atoms with Crippen molar-refractivity contribution in [3.63, 3.8) is 0 Å². The van der Waals surface area contributed by atoms with E-state index in [0.29, 0.717) is 19.3 Å². The second kappa shape index (κ2) is 89.9. The highest BCUT2D eigenvalue weighted by atomic mass is 31.2. The SMILES string of the molecule is CC/C=C\C/C=C\C/C=C\C/C=C\C/C=C\CCCCCCCCCCCCCCCCCC(=O)OCC(O)COP(=O)(O)OCC(O)COP(=O)(O)OCC(COC(=O)CCCCCCCCCCCCCCC/C=C\C/C=C\C/C=C\C/C=C\C/C=C\CC)OC(=O)CCCCCCC/C=C\C/C=C\C/C=C\C/C=C\C/C=C\CC. The third-order valence-electron chi connectivity index (χ3n) is 19.1. The van der Waals surface area contributed by atoms with E-state index in [-0.39, 0.29) is 19.3 Å². The van der Waals surface area contributed by atoms with E-state index in [9.17, 15) is 43.5 Å². The zero-order valence-electron chi connectivity index (χ0n) is 73.6. The Morgan fingerprint density at radius 2 is 0.427 bits per heavy atom. The van der Waals surface area contributed by atoms with Crippen LogP contribution >= 0.6 is 15.6 Å². The van der Waals surface area contributed by atoms with Crippen LogP contribution in [0.1, 0.15) is 367 Å². The molecule has 0 aliphatic heterocycles. The summed E-state index contributed by atoms with van der Waals surface area (Å²) in [6.07, 6.45) is 118. The molecule has 0 rings (SSSR count). The van der Waals surface area contributed by atoms with Crippen LogP contribution in [0.15, 0.2) is 182 Å². The molecule has 0 aliphatic rings. The van der Waals surface area contributed by atoms with Crippen LogP contribution in [0.4, 0.5) is 0 Å². The van der Waals surface area contributed by atoms with Crippen molar-refractivity contribution < 1.29 is 75.8 Å². The van der Waals surface area contributed by atoms with Gasteiger partial charge in [0.25, 0.3) is 0 Å². The van der Waals surface area contributed by atoms with Gasteiger partial charge in [-0.3, -0.25) is 32.5 Å². The molecule has 0 saturated carbocycles. The molecule has 0 saturated heterocycles. The smallest absolute Gasteiger partial charge is 0.463 e. The van der Waals surface area contributed by atoms with Gasteiger partial charge < -0.3 is 34.2 Å². The molecule has 18 heteroatoms. The number of aliphatic hydroxyl groups excluding tert-OH is 2. The Kier molecular flexibility index (Phi) is 85.8. The van der Waals surface area contributed by atoms with Crippen molar-refractivity contribution in [2.24, 2.45) is 0 Å². The molecule has 0 spiro atoms. The predicted octanol–water partition coefficient (Wildman–Crippen LogP) is 28.4. The van der Waals surface area contributed by atoms with Crippen molar-refractivity contribution in [3.8, 4) is 0 Å². The number of allylic oxidation sites excluding steroid dienone is 30. The average molecular weight is 1670 g/mol. The number of phosphoric acid groups is 2. The second-order valence-electron chi connectivity index (χ2n) is 30.3. The van der Waals surface area contributed by atoms with Crippen LogP contribution in [0, 0.1) is 0 Å². The van der Waals surface area contributed by atoms with Gasteiger partial charge in [0.05, 0.1) is 26.4 Å². The monoisotopic (exact) mass is 1670 g/mol. The van der Waals surface area contributed by atoms with Gasteiger partial charge in [-0.15, -0.1) is 0 Å². The molecule has 117 heavy (non-hydrogen) atoms. The third-order valence-corrected chi connectivity index (χ3v) is 21.0. The highest BCUT2D eigenvalue weighted by Crippen LogP contribution is 2.45. The topological polar surface area (TPSA) is 231 Å². The molecular formula is C99H166O16P2. The summed E-state index contributed by atoms with van der Waals surface area (Å²) < 4.78 is 61.5. The molecule has 0 aromatic rings. The molecule has 0 fully saturated rings. The number of hydrogen-bond acceptors (Lipinski definition) is 14. The maximum absolute atomic E-state index is 13.1. The van der Waals surface area contributed by atoms with Crippen molar-refractivity contribution in [1.82, 2.24) is 0 Å². The first-order valence-corrected chi connectivity index (χ1v) is 49.1. The van der Waals surface area contributed by atoms with Gasteiger partial charge in [0.2, 0.25) is 0 Å². The van der Waals surface area contributed by atoms with Gasteiger partial charge in [-0.1, -0.05) is 376 Å². The van der Waals surface area contributed by atoms with Gasteiger partial charge in [0.1, 0.15) is 25.4 Å². The van der Waals surface area contributed by atoms with E-state index < -0.39 is 91.5 Å². The first-order chi connectivity index (χ1) is 57.2. The number of phosphoric ester groups is 2. The van der Waals surface area contributed by atoms with Crippen LogP contribution in [0.5, 0.6) is 0 Å². The minimum Gasteiger partial charge on any atom is -0.463 e. The number of carbonyl (C=O) groups is 3. The zero-order chi connectivity index (χ0) is 85.1. The summed E-state index contributed by atoms with van der Waals surface area (Å²) in [4.78, 5) is 59.0. The first-order valence-electron chi connectivity index (χ1n) is 46.1. The molecule has 5 unspecified atom stereocenters. The summed E-state index contributed by atoms with van der Waals surface area (Å²) in [7, 11) is -9.82. The zero-order valence-corrected chi connectivity index (χ0v) is 75.4. The number of esters is 3. The van der Waals surface area contributed by atoms with Crippen LogP contribution in [-0.2, 0) is 55.8 Å². The summed E-state index contributed by atoms with van der Waals surface area (Å²) in [6.45, 7) is 2.35. The van der Waals surface area contributed by atoms with Crippen molar-refractivity contribution >= 4 is 33.6 Å². The summed E-state index contributed by atoms with van der Waals surface area (Å²) in [6, 6.07) is 0. The number of carbonyl (C=O) groups excluding carboxylic acids is 3. The Labute approximate surface area is 713 Å². The lowest BCUT2D eigenvalue weighted by Crippen LogP contribution is -2.30. The fraction of sp³-hybridized carbons (Fsp3) is 0.667. The predicted molar refractivity (Wildman–Crippen MR) is 491 cm³/mol. The number of aliphatic hydroxyl groups is 2. The molecule has 0 aliphatic carbocycles. The van der Waals surface area contributed by atoms with Crippen molar-refractivity contribution in [1.29, 1.82) is 0 Å². The summed E-state index contributed by atoms with van der Waals surface area (Å²) in [5.41, 5.74) is 0. The number of unbranched alkanes of at least 4 members (excludes halogenated alkanes) is 33. The molecule has 5 atom stereocenters.